The van der Waals surface area contributed by atoms with Crippen LogP contribution in [0.4, 0.5) is 11.4 Å². The van der Waals surface area contributed by atoms with E-state index in [1.165, 1.54) is 0 Å². The zero-order valence-corrected chi connectivity index (χ0v) is 12.6. The first-order valence-corrected chi connectivity index (χ1v) is 7.20. The lowest BCUT2D eigenvalue weighted by atomic mass is 9.96. The molecule has 0 bridgehead atoms. The second-order valence-corrected chi connectivity index (χ2v) is 4.94. The van der Waals surface area contributed by atoms with Crippen molar-refractivity contribution in [2.75, 3.05) is 24.3 Å². The third-order valence-corrected chi connectivity index (χ3v) is 3.49. The molecule has 1 aromatic carbocycles. The molecule has 0 saturated heterocycles. The van der Waals surface area contributed by atoms with E-state index in [0.29, 0.717) is 0 Å². The van der Waals surface area contributed by atoms with Crippen LogP contribution in [0.1, 0.15) is 39.5 Å². The summed E-state index contributed by atoms with van der Waals surface area (Å²) in [5, 5.41) is 3.14. The lowest BCUT2D eigenvalue weighted by Gasteiger charge is -2.25. The van der Waals surface area contributed by atoms with Crippen LogP contribution in [0.3, 0.4) is 0 Å². The summed E-state index contributed by atoms with van der Waals surface area (Å²) >= 11 is 0. The number of nitrogens with one attached hydrogen (secondary N) is 1. The normalized spacial score (nSPS) is 10.6. The molecule has 1 N–H and O–H groups in total. The molecule has 1 aromatic rings. The van der Waals surface area contributed by atoms with Crippen LogP contribution >= 0.6 is 0 Å². The predicted octanol–water partition coefficient (Wildman–Crippen LogP) is 3.91. The van der Waals surface area contributed by atoms with Crippen molar-refractivity contribution in [3.05, 3.63) is 24.3 Å². The highest BCUT2D eigenvalue weighted by molar-refractivity contribution is 5.97. The molecule has 1 rings (SSSR count). The van der Waals surface area contributed by atoms with Crippen LogP contribution < -0.4 is 10.2 Å². The minimum atomic E-state index is 0.143. The number of anilines is 2. The van der Waals surface area contributed by atoms with E-state index in [2.05, 4.69) is 19.2 Å². The Kier molecular flexibility index (Phi) is 6.40. The SMILES string of the molecule is CCCC(CCC)C(=O)N(C)c1ccccc1NC. The maximum absolute atomic E-state index is 12.6. The summed E-state index contributed by atoms with van der Waals surface area (Å²) in [6, 6.07) is 7.92. The van der Waals surface area contributed by atoms with Crippen LogP contribution in [0.2, 0.25) is 0 Å². The van der Waals surface area contributed by atoms with Crippen molar-refractivity contribution in [3.8, 4) is 0 Å². The van der Waals surface area contributed by atoms with Crippen molar-refractivity contribution < 1.29 is 4.79 Å². The standard InChI is InChI=1S/C16H26N2O/c1-5-9-13(10-6-2)16(19)18(4)15-12-8-7-11-14(15)17-3/h7-8,11-13,17H,5-6,9-10H2,1-4H3. The Morgan fingerprint density at radius 2 is 1.79 bits per heavy atom. The monoisotopic (exact) mass is 262 g/mol. The van der Waals surface area contributed by atoms with Gasteiger partial charge < -0.3 is 10.2 Å². The molecular weight excluding hydrogens is 236 g/mol. The average molecular weight is 262 g/mol. The van der Waals surface area contributed by atoms with Crippen LogP contribution in [0.15, 0.2) is 24.3 Å². The van der Waals surface area contributed by atoms with E-state index in [1.54, 1.807) is 4.90 Å². The predicted molar refractivity (Wildman–Crippen MR) is 82.7 cm³/mol. The molecule has 0 radical (unpaired) electrons. The second kappa shape index (κ2) is 7.82. The van der Waals surface area contributed by atoms with Crippen LogP contribution in [0.5, 0.6) is 0 Å². The van der Waals surface area contributed by atoms with E-state index < -0.39 is 0 Å². The second-order valence-electron chi connectivity index (χ2n) is 4.94. The van der Waals surface area contributed by atoms with E-state index in [4.69, 9.17) is 0 Å². The average Bonchev–Trinajstić information content (AvgIpc) is 2.45. The van der Waals surface area contributed by atoms with E-state index in [-0.39, 0.29) is 11.8 Å². The minimum Gasteiger partial charge on any atom is -0.386 e. The fourth-order valence-corrected chi connectivity index (χ4v) is 2.46. The Labute approximate surface area is 117 Å². The lowest BCUT2D eigenvalue weighted by molar-refractivity contribution is -0.122. The highest BCUT2D eigenvalue weighted by Gasteiger charge is 2.22. The van der Waals surface area contributed by atoms with Gasteiger partial charge in [0.05, 0.1) is 11.4 Å². The van der Waals surface area contributed by atoms with Gasteiger partial charge in [0.15, 0.2) is 0 Å². The summed E-state index contributed by atoms with van der Waals surface area (Å²) in [6.45, 7) is 4.27. The first-order chi connectivity index (χ1) is 9.15. The van der Waals surface area contributed by atoms with Gasteiger partial charge in [0, 0.05) is 20.0 Å². The molecule has 0 saturated carbocycles. The van der Waals surface area contributed by atoms with Gasteiger partial charge in [-0.2, -0.15) is 0 Å². The molecule has 0 spiro atoms. The van der Waals surface area contributed by atoms with Crippen LogP contribution in [0, 0.1) is 5.92 Å². The molecule has 19 heavy (non-hydrogen) atoms. The number of hydrogen-bond donors (Lipinski definition) is 1. The fourth-order valence-electron chi connectivity index (χ4n) is 2.46. The largest absolute Gasteiger partial charge is 0.386 e. The zero-order chi connectivity index (χ0) is 14.3. The van der Waals surface area contributed by atoms with Gasteiger partial charge in [-0.05, 0) is 25.0 Å². The van der Waals surface area contributed by atoms with Crippen LogP contribution in [-0.2, 0) is 4.79 Å². The van der Waals surface area contributed by atoms with Crippen molar-refractivity contribution in [2.24, 2.45) is 5.92 Å². The molecule has 3 nitrogen and oxygen atoms in total. The Balaban J connectivity index is 2.90. The van der Waals surface area contributed by atoms with Crippen molar-refractivity contribution in [3.63, 3.8) is 0 Å². The first-order valence-electron chi connectivity index (χ1n) is 7.20. The zero-order valence-electron chi connectivity index (χ0n) is 12.6. The number of para-hydroxylation sites is 2. The molecule has 0 unspecified atom stereocenters. The molecule has 1 amide bonds. The summed E-state index contributed by atoms with van der Waals surface area (Å²) in [5.74, 6) is 0.372. The molecule has 106 valence electrons. The van der Waals surface area contributed by atoms with Gasteiger partial charge in [-0.15, -0.1) is 0 Å². The third-order valence-electron chi connectivity index (χ3n) is 3.49. The molecule has 0 aliphatic rings. The Bertz CT molecular complexity index is 397. The summed E-state index contributed by atoms with van der Waals surface area (Å²) in [4.78, 5) is 14.4. The van der Waals surface area contributed by atoms with Crippen molar-refractivity contribution in [1.82, 2.24) is 0 Å². The Morgan fingerprint density at radius 3 is 2.32 bits per heavy atom. The summed E-state index contributed by atoms with van der Waals surface area (Å²) in [5.41, 5.74) is 1.94. The summed E-state index contributed by atoms with van der Waals surface area (Å²) in [7, 11) is 3.75. The molecule has 0 atom stereocenters. The quantitative estimate of drug-likeness (QED) is 0.808. The van der Waals surface area contributed by atoms with Gasteiger partial charge in [0.1, 0.15) is 0 Å². The third kappa shape index (κ3) is 3.98. The highest BCUT2D eigenvalue weighted by atomic mass is 16.2. The molecule has 0 aliphatic carbocycles. The fraction of sp³-hybridized carbons (Fsp3) is 0.562. The Morgan fingerprint density at radius 1 is 1.21 bits per heavy atom. The molecule has 0 aliphatic heterocycles. The molecule has 0 aromatic heterocycles. The van der Waals surface area contributed by atoms with Gasteiger partial charge in [-0.1, -0.05) is 38.8 Å². The first kappa shape index (κ1) is 15.5. The van der Waals surface area contributed by atoms with E-state index >= 15 is 0 Å². The van der Waals surface area contributed by atoms with Crippen LogP contribution in [-0.4, -0.2) is 20.0 Å². The van der Waals surface area contributed by atoms with Gasteiger partial charge in [0.25, 0.3) is 0 Å². The van der Waals surface area contributed by atoms with Gasteiger partial charge in [0.2, 0.25) is 5.91 Å². The number of hydrogen-bond acceptors (Lipinski definition) is 2. The number of carbonyl (C=O) groups excluding carboxylic acids is 1. The molecule has 0 fully saturated rings. The van der Waals surface area contributed by atoms with Gasteiger partial charge in [-0.25, -0.2) is 0 Å². The lowest BCUT2D eigenvalue weighted by Crippen LogP contribution is -2.33. The van der Waals surface area contributed by atoms with E-state index in [1.807, 2.05) is 38.4 Å². The van der Waals surface area contributed by atoms with E-state index in [9.17, 15) is 4.79 Å². The smallest absolute Gasteiger partial charge is 0.229 e. The highest BCUT2D eigenvalue weighted by Crippen LogP contribution is 2.27. The summed E-state index contributed by atoms with van der Waals surface area (Å²) < 4.78 is 0. The molecule has 0 heterocycles. The maximum Gasteiger partial charge on any atom is 0.229 e. The number of nitrogens with zero attached hydrogens (tertiary/aromatic N) is 1. The number of amides is 1. The minimum absolute atomic E-state index is 0.143. The topological polar surface area (TPSA) is 32.3 Å². The Hall–Kier alpha value is -1.51. The summed E-state index contributed by atoms with van der Waals surface area (Å²) in [6.07, 6.45) is 4.05. The maximum atomic E-state index is 12.6. The molecular formula is C16H26N2O. The molecule has 3 heteroatoms. The van der Waals surface area contributed by atoms with Crippen molar-refractivity contribution in [1.29, 1.82) is 0 Å². The van der Waals surface area contributed by atoms with E-state index in [0.717, 1.165) is 37.1 Å². The van der Waals surface area contributed by atoms with Crippen LogP contribution in [0.25, 0.3) is 0 Å². The van der Waals surface area contributed by atoms with Crippen molar-refractivity contribution in [2.45, 2.75) is 39.5 Å². The number of rotatable bonds is 7. The van der Waals surface area contributed by atoms with Gasteiger partial charge >= 0.3 is 0 Å². The van der Waals surface area contributed by atoms with Crippen molar-refractivity contribution >= 4 is 17.3 Å². The number of carbonyl (C=O) groups is 1. The van der Waals surface area contributed by atoms with Gasteiger partial charge in [-0.3, -0.25) is 4.79 Å². The number of benzene rings is 1.